The molecule has 3 rings (SSSR count). The fourth-order valence-electron chi connectivity index (χ4n) is 2.84. The number of hydrogen-bond donors (Lipinski definition) is 2. The van der Waals surface area contributed by atoms with E-state index in [0.29, 0.717) is 17.4 Å². The lowest BCUT2D eigenvalue weighted by atomic mass is 9.96. The molecule has 2 aromatic rings. The van der Waals surface area contributed by atoms with Gasteiger partial charge in [0.05, 0.1) is 4.90 Å². The van der Waals surface area contributed by atoms with Gasteiger partial charge in [0.1, 0.15) is 0 Å². The van der Waals surface area contributed by atoms with Crippen molar-refractivity contribution in [1.82, 2.24) is 10.0 Å². The van der Waals surface area contributed by atoms with Crippen LogP contribution in [0.4, 0.5) is 0 Å². The Hall–Kier alpha value is -1.43. The molecular weight excluding hydrogens is 284 g/mol. The maximum Gasteiger partial charge on any atom is 0.241 e. The Balaban J connectivity index is 1.97. The summed E-state index contributed by atoms with van der Waals surface area (Å²) in [6.07, 6.45) is 0.989. The molecule has 0 aliphatic carbocycles. The van der Waals surface area contributed by atoms with Crippen LogP contribution in [0.25, 0.3) is 10.8 Å². The molecule has 5 heteroatoms. The largest absolute Gasteiger partial charge is 0.315 e. The molecule has 2 N–H and O–H groups in total. The van der Waals surface area contributed by atoms with Crippen LogP contribution in [0.15, 0.2) is 47.4 Å². The van der Waals surface area contributed by atoms with Gasteiger partial charge in [-0.3, -0.25) is 0 Å². The standard InChI is InChI=1S/C16H20N2O2S/c1-12-9-10-17-11-15(12)18-21(19,20)16-8-4-6-13-5-2-3-7-14(13)16/h2-8,12,15,17-18H,9-11H2,1H3. The zero-order chi connectivity index (χ0) is 14.9. The predicted molar refractivity (Wildman–Crippen MR) is 84.7 cm³/mol. The molecule has 0 amide bonds. The van der Waals surface area contributed by atoms with Crippen LogP contribution in [0, 0.1) is 5.92 Å². The molecule has 4 nitrogen and oxygen atoms in total. The molecule has 2 aromatic carbocycles. The number of fused-ring (bicyclic) bond motifs is 1. The Morgan fingerprint density at radius 1 is 1.14 bits per heavy atom. The molecule has 1 fully saturated rings. The van der Waals surface area contributed by atoms with Crippen LogP contribution in [-0.4, -0.2) is 27.5 Å². The SMILES string of the molecule is CC1CCNCC1NS(=O)(=O)c1cccc2ccccc12. The van der Waals surface area contributed by atoms with Gasteiger partial charge in [-0.15, -0.1) is 0 Å². The minimum absolute atomic E-state index is 0.0530. The second-order valence-electron chi connectivity index (χ2n) is 5.68. The highest BCUT2D eigenvalue weighted by molar-refractivity contribution is 7.89. The van der Waals surface area contributed by atoms with Crippen LogP contribution in [0.1, 0.15) is 13.3 Å². The Bertz CT molecular complexity index is 738. The highest BCUT2D eigenvalue weighted by atomic mass is 32.2. The molecule has 21 heavy (non-hydrogen) atoms. The fourth-order valence-corrected chi connectivity index (χ4v) is 4.41. The van der Waals surface area contributed by atoms with Gasteiger partial charge < -0.3 is 5.32 Å². The maximum absolute atomic E-state index is 12.7. The number of sulfonamides is 1. The molecule has 1 saturated heterocycles. The molecule has 2 atom stereocenters. The van der Waals surface area contributed by atoms with Crippen molar-refractivity contribution in [3.05, 3.63) is 42.5 Å². The average molecular weight is 304 g/mol. The van der Waals surface area contributed by atoms with Crippen molar-refractivity contribution in [2.45, 2.75) is 24.3 Å². The van der Waals surface area contributed by atoms with Crippen LogP contribution in [0.5, 0.6) is 0 Å². The summed E-state index contributed by atoms with van der Waals surface area (Å²) in [6, 6.07) is 12.9. The summed E-state index contributed by atoms with van der Waals surface area (Å²) in [5, 5.41) is 4.96. The quantitative estimate of drug-likeness (QED) is 0.913. The van der Waals surface area contributed by atoms with Crippen LogP contribution >= 0.6 is 0 Å². The number of benzene rings is 2. The van der Waals surface area contributed by atoms with E-state index in [1.165, 1.54) is 0 Å². The lowest BCUT2D eigenvalue weighted by molar-refractivity contribution is 0.327. The van der Waals surface area contributed by atoms with Gasteiger partial charge in [-0.2, -0.15) is 0 Å². The fraction of sp³-hybridized carbons (Fsp3) is 0.375. The first-order chi connectivity index (χ1) is 10.1. The zero-order valence-corrected chi connectivity index (χ0v) is 12.9. The number of piperidine rings is 1. The molecule has 1 aliphatic rings. The third-order valence-corrected chi connectivity index (χ3v) is 5.72. The van der Waals surface area contributed by atoms with E-state index >= 15 is 0 Å². The van der Waals surface area contributed by atoms with Gasteiger partial charge in [-0.1, -0.05) is 43.3 Å². The zero-order valence-electron chi connectivity index (χ0n) is 12.0. The normalized spacial score (nSPS) is 23.3. The summed E-state index contributed by atoms with van der Waals surface area (Å²) in [5.41, 5.74) is 0. The van der Waals surface area contributed by atoms with Gasteiger partial charge in [-0.05, 0) is 30.3 Å². The number of nitrogens with one attached hydrogen (secondary N) is 2. The van der Waals surface area contributed by atoms with Crippen molar-refractivity contribution in [1.29, 1.82) is 0 Å². The van der Waals surface area contributed by atoms with E-state index in [2.05, 4.69) is 17.0 Å². The third kappa shape index (κ3) is 2.95. The Labute approximate surface area is 125 Å². The first-order valence-corrected chi connectivity index (χ1v) is 8.77. The van der Waals surface area contributed by atoms with E-state index in [0.717, 1.165) is 23.7 Å². The lowest BCUT2D eigenvalue weighted by Crippen LogP contribution is -2.50. The van der Waals surface area contributed by atoms with Crippen LogP contribution in [0.2, 0.25) is 0 Å². The van der Waals surface area contributed by atoms with Crippen molar-refractivity contribution >= 4 is 20.8 Å². The Morgan fingerprint density at radius 2 is 1.90 bits per heavy atom. The highest BCUT2D eigenvalue weighted by Gasteiger charge is 2.27. The molecular formula is C16H20N2O2S. The smallest absolute Gasteiger partial charge is 0.241 e. The van der Waals surface area contributed by atoms with E-state index in [1.54, 1.807) is 12.1 Å². The molecule has 0 saturated carbocycles. The minimum atomic E-state index is -3.51. The first-order valence-electron chi connectivity index (χ1n) is 7.29. The van der Waals surface area contributed by atoms with E-state index < -0.39 is 10.0 Å². The molecule has 0 aromatic heterocycles. The lowest BCUT2D eigenvalue weighted by Gasteiger charge is -2.30. The Kier molecular flexibility index (Phi) is 3.97. The van der Waals surface area contributed by atoms with Gasteiger partial charge >= 0.3 is 0 Å². The van der Waals surface area contributed by atoms with Crippen molar-refractivity contribution in [2.75, 3.05) is 13.1 Å². The topological polar surface area (TPSA) is 58.2 Å². The number of hydrogen-bond acceptors (Lipinski definition) is 3. The molecule has 0 spiro atoms. The summed E-state index contributed by atoms with van der Waals surface area (Å²) in [4.78, 5) is 0.360. The third-order valence-electron chi connectivity index (χ3n) is 4.17. The highest BCUT2D eigenvalue weighted by Crippen LogP contribution is 2.23. The van der Waals surface area contributed by atoms with E-state index in [4.69, 9.17) is 0 Å². The summed E-state index contributed by atoms with van der Waals surface area (Å²) in [7, 11) is -3.51. The average Bonchev–Trinajstić information content (AvgIpc) is 2.49. The van der Waals surface area contributed by atoms with Gasteiger partial charge in [0.2, 0.25) is 10.0 Å². The van der Waals surface area contributed by atoms with E-state index in [1.807, 2.05) is 30.3 Å². The van der Waals surface area contributed by atoms with Crippen molar-refractivity contribution < 1.29 is 8.42 Å². The van der Waals surface area contributed by atoms with Crippen LogP contribution < -0.4 is 10.0 Å². The van der Waals surface area contributed by atoms with Crippen molar-refractivity contribution in [3.63, 3.8) is 0 Å². The summed E-state index contributed by atoms with van der Waals surface area (Å²) < 4.78 is 28.3. The van der Waals surface area contributed by atoms with Crippen LogP contribution in [0.3, 0.4) is 0 Å². The Morgan fingerprint density at radius 3 is 2.71 bits per heavy atom. The van der Waals surface area contributed by atoms with Gasteiger partial charge in [0.15, 0.2) is 0 Å². The van der Waals surface area contributed by atoms with Crippen molar-refractivity contribution in [3.8, 4) is 0 Å². The summed E-state index contributed by atoms with van der Waals surface area (Å²) in [6.45, 7) is 3.73. The van der Waals surface area contributed by atoms with Gasteiger partial charge in [0, 0.05) is 18.0 Å². The molecule has 1 heterocycles. The molecule has 0 radical (unpaired) electrons. The molecule has 2 unspecified atom stereocenters. The summed E-state index contributed by atoms with van der Waals surface area (Å²) >= 11 is 0. The van der Waals surface area contributed by atoms with Gasteiger partial charge in [-0.25, -0.2) is 13.1 Å². The predicted octanol–water partition coefficient (Wildman–Crippen LogP) is 2.12. The second kappa shape index (κ2) is 5.75. The maximum atomic E-state index is 12.7. The van der Waals surface area contributed by atoms with Crippen LogP contribution in [-0.2, 0) is 10.0 Å². The van der Waals surface area contributed by atoms with E-state index in [-0.39, 0.29) is 6.04 Å². The monoisotopic (exact) mass is 304 g/mol. The van der Waals surface area contributed by atoms with Gasteiger partial charge in [0.25, 0.3) is 0 Å². The number of rotatable bonds is 3. The minimum Gasteiger partial charge on any atom is -0.315 e. The van der Waals surface area contributed by atoms with Crippen molar-refractivity contribution in [2.24, 2.45) is 5.92 Å². The molecule has 0 bridgehead atoms. The summed E-state index contributed by atoms with van der Waals surface area (Å²) in [5.74, 6) is 0.344. The molecule has 112 valence electrons. The second-order valence-corrected chi connectivity index (χ2v) is 7.36. The van der Waals surface area contributed by atoms with E-state index in [9.17, 15) is 8.42 Å². The molecule has 1 aliphatic heterocycles. The first kappa shape index (κ1) is 14.5.